The molecule has 6 nitrogen and oxygen atoms in total. The molecule has 2 amide bonds. The standard InChI is InChI=1S/C18H26N4O2/c1-5-20-16(24)14-8-6-7-13(9-14)11-22-15(23)10-18(4,12(2)3)21-17(22)19/h6-9,12H,5,10-11H2,1-4H3,(H2,19,21)(H,20,24)/t18-/m0/s1. The first-order valence-corrected chi connectivity index (χ1v) is 8.29. The number of hydrogen-bond acceptors (Lipinski definition) is 4. The summed E-state index contributed by atoms with van der Waals surface area (Å²) in [6.07, 6.45) is 0.335. The van der Waals surface area contributed by atoms with Gasteiger partial charge in [0.25, 0.3) is 5.91 Å². The van der Waals surface area contributed by atoms with Crippen LogP contribution in [0.5, 0.6) is 0 Å². The summed E-state index contributed by atoms with van der Waals surface area (Å²) in [4.78, 5) is 30.5. The molecule has 0 saturated heterocycles. The first-order chi connectivity index (χ1) is 11.3. The fraction of sp³-hybridized carbons (Fsp3) is 0.500. The number of hydrogen-bond donors (Lipinski definition) is 2. The second-order valence-corrected chi connectivity index (χ2v) is 6.70. The van der Waals surface area contributed by atoms with Gasteiger partial charge in [0.2, 0.25) is 5.91 Å². The van der Waals surface area contributed by atoms with Gasteiger partial charge in [-0.05, 0) is 37.5 Å². The van der Waals surface area contributed by atoms with Crippen LogP contribution in [0.4, 0.5) is 0 Å². The molecule has 24 heavy (non-hydrogen) atoms. The van der Waals surface area contributed by atoms with Crippen LogP contribution in [0.3, 0.4) is 0 Å². The normalized spacial score (nSPS) is 21.0. The van der Waals surface area contributed by atoms with Gasteiger partial charge in [-0.25, -0.2) is 4.99 Å². The highest BCUT2D eigenvalue weighted by Crippen LogP contribution is 2.30. The van der Waals surface area contributed by atoms with Crippen LogP contribution in [-0.2, 0) is 11.3 Å². The van der Waals surface area contributed by atoms with Crippen LogP contribution < -0.4 is 11.1 Å². The molecule has 0 bridgehead atoms. The molecule has 1 heterocycles. The first-order valence-electron chi connectivity index (χ1n) is 8.29. The maximum Gasteiger partial charge on any atom is 0.251 e. The maximum absolute atomic E-state index is 12.5. The third-order valence-electron chi connectivity index (χ3n) is 4.57. The van der Waals surface area contributed by atoms with Gasteiger partial charge in [0.15, 0.2) is 5.96 Å². The quantitative estimate of drug-likeness (QED) is 0.864. The average molecular weight is 330 g/mol. The third-order valence-corrected chi connectivity index (χ3v) is 4.57. The van der Waals surface area contributed by atoms with Crippen LogP contribution in [0.25, 0.3) is 0 Å². The van der Waals surface area contributed by atoms with Crippen LogP contribution in [0, 0.1) is 5.92 Å². The molecule has 130 valence electrons. The lowest BCUT2D eigenvalue weighted by molar-refractivity contribution is -0.130. The van der Waals surface area contributed by atoms with Crippen molar-refractivity contribution in [3.8, 4) is 0 Å². The van der Waals surface area contributed by atoms with E-state index >= 15 is 0 Å². The molecule has 1 aliphatic heterocycles. The molecule has 1 aromatic carbocycles. The highest BCUT2D eigenvalue weighted by molar-refractivity contribution is 5.99. The number of rotatable bonds is 5. The zero-order valence-electron chi connectivity index (χ0n) is 14.8. The summed E-state index contributed by atoms with van der Waals surface area (Å²) in [5.74, 6) is 0.300. The molecule has 6 heteroatoms. The molecule has 1 aromatic rings. The average Bonchev–Trinajstić information content (AvgIpc) is 2.51. The first kappa shape index (κ1) is 18.0. The lowest BCUT2D eigenvalue weighted by Gasteiger charge is -2.37. The molecule has 2 rings (SSSR count). The van der Waals surface area contributed by atoms with Gasteiger partial charge in [0.05, 0.1) is 18.5 Å². The summed E-state index contributed by atoms with van der Waals surface area (Å²) in [6, 6.07) is 7.21. The molecule has 0 aromatic heterocycles. The summed E-state index contributed by atoms with van der Waals surface area (Å²) >= 11 is 0. The Balaban J connectivity index is 2.21. The summed E-state index contributed by atoms with van der Waals surface area (Å²) in [5, 5.41) is 2.77. The van der Waals surface area contributed by atoms with Crippen LogP contribution in [0.2, 0.25) is 0 Å². The minimum atomic E-state index is -0.458. The van der Waals surface area contributed by atoms with E-state index in [1.54, 1.807) is 18.2 Å². The van der Waals surface area contributed by atoms with Gasteiger partial charge in [-0.15, -0.1) is 0 Å². The Labute approximate surface area is 143 Å². The van der Waals surface area contributed by atoms with Crippen molar-refractivity contribution in [2.45, 2.75) is 46.2 Å². The van der Waals surface area contributed by atoms with Gasteiger partial charge < -0.3 is 11.1 Å². The van der Waals surface area contributed by atoms with Crippen LogP contribution in [-0.4, -0.2) is 34.8 Å². The number of nitrogens with two attached hydrogens (primary N) is 1. The van der Waals surface area contributed by atoms with Crippen molar-refractivity contribution in [1.29, 1.82) is 0 Å². The number of carbonyl (C=O) groups excluding carboxylic acids is 2. The minimum absolute atomic E-state index is 0.0397. The fourth-order valence-electron chi connectivity index (χ4n) is 2.65. The summed E-state index contributed by atoms with van der Waals surface area (Å²) in [6.45, 7) is 8.79. The van der Waals surface area contributed by atoms with Gasteiger partial charge in [-0.2, -0.15) is 0 Å². The van der Waals surface area contributed by atoms with Gasteiger partial charge in [-0.3, -0.25) is 14.5 Å². The molecular formula is C18H26N4O2. The molecule has 1 aliphatic rings. The Kier molecular flexibility index (Phi) is 5.26. The highest BCUT2D eigenvalue weighted by atomic mass is 16.2. The predicted molar refractivity (Wildman–Crippen MR) is 94.5 cm³/mol. The monoisotopic (exact) mass is 330 g/mol. The Morgan fingerprint density at radius 2 is 2.17 bits per heavy atom. The van der Waals surface area contributed by atoms with Gasteiger partial charge >= 0.3 is 0 Å². The summed E-state index contributed by atoms with van der Waals surface area (Å²) in [7, 11) is 0. The second-order valence-electron chi connectivity index (χ2n) is 6.70. The van der Waals surface area contributed by atoms with Crippen molar-refractivity contribution in [2.24, 2.45) is 16.6 Å². The number of nitrogens with one attached hydrogen (secondary N) is 1. The smallest absolute Gasteiger partial charge is 0.251 e. The number of guanidine groups is 1. The van der Waals surface area contributed by atoms with Crippen molar-refractivity contribution in [2.75, 3.05) is 6.54 Å². The van der Waals surface area contributed by atoms with Gasteiger partial charge in [0, 0.05) is 12.1 Å². The van der Waals surface area contributed by atoms with Crippen LogP contribution >= 0.6 is 0 Å². The van der Waals surface area contributed by atoms with E-state index in [9.17, 15) is 9.59 Å². The number of aliphatic imine (C=N–C) groups is 1. The largest absolute Gasteiger partial charge is 0.369 e. The SMILES string of the molecule is CCNC(=O)c1cccc(CN2C(=O)C[C@@](C)(C(C)C)N=C2N)c1. The molecule has 0 saturated carbocycles. The van der Waals surface area contributed by atoms with Gasteiger partial charge in [0.1, 0.15) is 0 Å². The van der Waals surface area contributed by atoms with E-state index in [1.165, 1.54) is 4.90 Å². The Bertz CT molecular complexity index is 669. The van der Waals surface area contributed by atoms with E-state index in [1.807, 2.05) is 33.8 Å². The van der Waals surface area contributed by atoms with E-state index < -0.39 is 5.54 Å². The number of amides is 2. The van der Waals surface area contributed by atoms with E-state index in [2.05, 4.69) is 10.3 Å². The fourth-order valence-corrected chi connectivity index (χ4v) is 2.65. The number of carbonyl (C=O) groups is 2. The van der Waals surface area contributed by atoms with E-state index in [0.717, 1.165) is 5.56 Å². The lowest BCUT2D eigenvalue weighted by Crippen LogP contribution is -2.51. The van der Waals surface area contributed by atoms with E-state index in [0.29, 0.717) is 25.1 Å². The molecule has 3 N–H and O–H groups in total. The zero-order valence-corrected chi connectivity index (χ0v) is 14.8. The molecule has 0 radical (unpaired) electrons. The van der Waals surface area contributed by atoms with Crippen LogP contribution in [0.1, 0.15) is 50.0 Å². The predicted octanol–water partition coefficient (Wildman–Crippen LogP) is 1.90. The third kappa shape index (κ3) is 3.75. The zero-order chi connectivity index (χ0) is 17.9. The highest BCUT2D eigenvalue weighted by Gasteiger charge is 2.38. The number of nitrogens with zero attached hydrogens (tertiary/aromatic N) is 2. The van der Waals surface area contributed by atoms with Gasteiger partial charge in [-0.1, -0.05) is 26.0 Å². The maximum atomic E-state index is 12.5. The minimum Gasteiger partial charge on any atom is -0.369 e. The van der Waals surface area contributed by atoms with Crippen molar-refractivity contribution >= 4 is 17.8 Å². The number of benzene rings is 1. The Morgan fingerprint density at radius 3 is 2.75 bits per heavy atom. The summed E-state index contributed by atoms with van der Waals surface area (Å²) in [5.41, 5.74) is 7.01. The molecule has 0 aliphatic carbocycles. The molecule has 1 atom stereocenters. The van der Waals surface area contributed by atoms with Crippen molar-refractivity contribution in [3.05, 3.63) is 35.4 Å². The molecule has 0 fully saturated rings. The topological polar surface area (TPSA) is 87.8 Å². The Hall–Kier alpha value is -2.37. The van der Waals surface area contributed by atoms with E-state index in [-0.39, 0.29) is 23.7 Å². The second kappa shape index (κ2) is 7.03. The van der Waals surface area contributed by atoms with Crippen molar-refractivity contribution in [1.82, 2.24) is 10.2 Å². The molecule has 0 unspecified atom stereocenters. The van der Waals surface area contributed by atoms with Crippen molar-refractivity contribution in [3.63, 3.8) is 0 Å². The molecular weight excluding hydrogens is 304 g/mol. The Morgan fingerprint density at radius 1 is 1.46 bits per heavy atom. The van der Waals surface area contributed by atoms with E-state index in [4.69, 9.17) is 5.73 Å². The summed E-state index contributed by atoms with van der Waals surface area (Å²) < 4.78 is 0. The van der Waals surface area contributed by atoms with Crippen molar-refractivity contribution < 1.29 is 9.59 Å². The van der Waals surface area contributed by atoms with Crippen LogP contribution in [0.15, 0.2) is 29.3 Å². The molecule has 0 spiro atoms. The lowest BCUT2D eigenvalue weighted by atomic mass is 9.84.